The van der Waals surface area contributed by atoms with Crippen molar-refractivity contribution in [3.8, 4) is 0 Å². The van der Waals surface area contributed by atoms with Crippen molar-refractivity contribution in [2.45, 2.75) is 37.4 Å². The minimum absolute atomic E-state index is 0.592. The van der Waals surface area contributed by atoms with Crippen molar-refractivity contribution >= 4 is 17.6 Å². The molecule has 0 radical (unpaired) electrons. The van der Waals surface area contributed by atoms with Crippen LogP contribution in [0.5, 0.6) is 0 Å². The zero-order valence-electron chi connectivity index (χ0n) is 9.23. The molecule has 0 saturated heterocycles. The Morgan fingerprint density at radius 1 is 1.47 bits per heavy atom. The van der Waals surface area contributed by atoms with Gasteiger partial charge in [0.2, 0.25) is 0 Å². The third kappa shape index (κ3) is 2.62. The molecule has 0 aliphatic heterocycles. The summed E-state index contributed by atoms with van der Waals surface area (Å²) < 4.78 is 0. The zero-order valence-corrected chi connectivity index (χ0v) is 10.0. The minimum Gasteiger partial charge on any atom is -0.367 e. The minimum atomic E-state index is 0.592. The highest BCUT2D eigenvalue weighted by molar-refractivity contribution is 7.98. The average Bonchev–Trinajstić information content (AvgIpc) is 2.65. The summed E-state index contributed by atoms with van der Waals surface area (Å²) in [6.45, 7) is 2.31. The highest BCUT2D eigenvalue weighted by atomic mass is 32.2. The summed E-state index contributed by atoms with van der Waals surface area (Å²) in [6.07, 6.45) is 7.75. The van der Waals surface area contributed by atoms with Gasteiger partial charge in [-0.15, -0.1) is 0 Å². The molecule has 0 amide bonds. The Bertz CT molecular complexity index is 329. The van der Waals surface area contributed by atoms with Gasteiger partial charge in [0, 0.05) is 12.2 Å². The lowest BCUT2D eigenvalue weighted by Crippen LogP contribution is -2.22. The molecule has 2 rings (SSSR count). The molecular formula is C11H17N3S. The van der Waals surface area contributed by atoms with E-state index in [2.05, 4.69) is 22.2 Å². The summed E-state index contributed by atoms with van der Waals surface area (Å²) in [6, 6.07) is 2.54. The molecule has 1 fully saturated rings. The maximum absolute atomic E-state index is 4.43. The first-order chi connectivity index (χ1) is 7.29. The number of thioether (sulfide) groups is 1. The quantitative estimate of drug-likeness (QED) is 0.631. The molecule has 4 heteroatoms. The molecule has 3 nitrogen and oxygen atoms in total. The van der Waals surface area contributed by atoms with Crippen LogP contribution >= 0.6 is 11.8 Å². The van der Waals surface area contributed by atoms with Crippen LogP contribution in [-0.4, -0.2) is 22.3 Å². The molecule has 1 aliphatic carbocycles. The Morgan fingerprint density at radius 2 is 2.33 bits per heavy atom. The van der Waals surface area contributed by atoms with Crippen LogP contribution in [-0.2, 0) is 0 Å². The molecule has 2 atom stereocenters. The summed E-state index contributed by atoms with van der Waals surface area (Å²) in [7, 11) is 0. The molecule has 0 unspecified atom stereocenters. The van der Waals surface area contributed by atoms with E-state index < -0.39 is 0 Å². The third-order valence-corrected chi connectivity index (χ3v) is 3.57. The molecule has 0 bridgehead atoms. The van der Waals surface area contributed by atoms with E-state index in [0.717, 1.165) is 16.9 Å². The van der Waals surface area contributed by atoms with Crippen LogP contribution in [0.3, 0.4) is 0 Å². The van der Waals surface area contributed by atoms with Gasteiger partial charge in [-0.3, -0.25) is 0 Å². The number of hydrogen-bond donors (Lipinski definition) is 1. The van der Waals surface area contributed by atoms with Gasteiger partial charge in [-0.2, -0.15) is 0 Å². The van der Waals surface area contributed by atoms with E-state index in [1.807, 2.05) is 18.5 Å². The number of rotatable bonds is 3. The number of hydrogen-bond acceptors (Lipinski definition) is 4. The second-order valence-corrected chi connectivity index (χ2v) is 4.86. The summed E-state index contributed by atoms with van der Waals surface area (Å²) >= 11 is 1.58. The van der Waals surface area contributed by atoms with Crippen LogP contribution < -0.4 is 5.32 Å². The van der Waals surface area contributed by atoms with Gasteiger partial charge < -0.3 is 5.32 Å². The van der Waals surface area contributed by atoms with Crippen LogP contribution in [0.25, 0.3) is 0 Å². The average molecular weight is 223 g/mol. The van der Waals surface area contributed by atoms with Crippen molar-refractivity contribution in [1.82, 2.24) is 9.97 Å². The van der Waals surface area contributed by atoms with Gasteiger partial charge in [-0.25, -0.2) is 9.97 Å². The van der Waals surface area contributed by atoms with Gasteiger partial charge in [-0.05, 0) is 31.1 Å². The van der Waals surface area contributed by atoms with E-state index in [-0.39, 0.29) is 0 Å². The Kier molecular flexibility index (Phi) is 3.46. The topological polar surface area (TPSA) is 37.8 Å². The van der Waals surface area contributed by atoms with Gasteiger partial charge in [0.25, 0.3) is 0 Å². The van der Waals surface area contributed by atoms with Crippen molar-refractivity contribution in [3.05, 3.63) is 12.3 Å². The maximum Gasteiger partial charge on any atom is 0.189 e. The fraction of sp³-hybridized carbons (Fsp3) is 0.636. The van der Waals surface area contributed by atoms with Gasteiger partial charge in [0.15, 0.2) is 5.16 Å². The van der Waals surface area contributed by atoms with Crippen molar-refractivity contribution < 1.29 is 0 Å². The van der Waals surface area contributed by atoms with Crippen LogP contribution in [0.15, 0.2) is 17.4 Å². The third-order valence-electron chi connectivity index (χ3n) is 3.01. The van der Waals surface area contributed by atoms with Crippen molar-refractivity contribution in [2.75, 3.05) is 11.6 Å². The van der Waals surface area contributed by atoms with Gasteiger partial charge >= 0.3 is 0 Å². The summed E-state index contributed by atoms with van der Waals surface area (Å²) in [5.41, 5.74) is 0. The first-order valence-electron chi connectivity index (χ1n) is 5.43. The first kappa shape index (κ1) is 10.7. The summed E-state index contributed by atoms with van der Waals surface area (Å²) in [5, 5.41) is 4.34. The normalized spacial score (nSPS) is 25.5. The molecule has 1 saturated carbocycles. The fourth-order valence-electron chi connectivity index (χ4n) is 2.07. The van der Waals surface area contributed by atoms with E-state index in [0.29, 0.717) is 6.04 Å². The van der Waals surface area contributed by atoms with Gasteiger partial charge in [-0.1, -0.05) is 25.1 Å². The largest absolute Gasteiger partial charge is 0.367 e. The van der Waals surface area contributed by atoms with Gasteiger partial charge in [0.05, 0.1) is 0 Å². The van der Waals surface area contributed by atoms with E-state index in [1.165, 1.54) is 19.3 Å². The van der Waals surface area contributed by atoms with Crippen LogP contribution in [0, 0.1) is 5.92 Å². The molecule has 1 heterocycles. The lowest BCUT2D eigenvalue weighted by atomic mass is 10.1. The predicted octanol–water partition coefficient (Wildman–Crippen LogP) is 2.80. The van der Waals surface area contributed by atoms with Crippen molar-refractivity contribution in [2.24, 2.45) is 5.92 Å². The van der Waals surface area contributed by atoms with Gasteiger partial charge in [0.1, 0.15) is 5.82 Å². The Hall–Kier alpha value is -0.770. The molecular weight excluding hydrogens is 206 g/mol. The predicted molar refractivity (Wildman–Crippen MR) is 64.2 cm³/mol. The molecule has 0 aromatic carbocycles. The number of aromatic nitrogens is 2. The van der Waals surface area contributed by atoms with Crippen LogP contribution in [0.4, 0.5) is 5.82 Å². The molecule has 1 N–H and O–H groups in total. The highest BCUT2D eigenvalue weighted by Gasteiger charge is 2.23. The Balaban J connectivity index is 2.03. The lowest BCUT2D eigenvalue weighted by molar-refractivity contribution is 0.554. The molecule has 0 spiro atoms. The number of nitrogens with zero attached hydrogens (tertiary/aromatic N) is 2. The molecule has 15 heavy (non-hydrogen) atoms. The first-order valence-corrected chi connectivity index (χ1v) is 6.65. The second kappa shape index (κ2) is 4.84. The van der Waals surface area contributed by atoms with Crippen LogP contribution in [0.1, 0.15) is 26.2 Å². The second-order valence-electron chi connectivity index (χ2n) is 4.09. The Labute approximate surface area is 95.1 Å². The van der Waals surface area contributed by atoms with E-state index >= 15 is 0 Å². The van der Waals surface area contributed by atoms with Crippen molar-refractivity contribution in [1.29, 1.82) is 0 Å². The van der Waals surface area contributed by atoms with Crippen LogP contribution in [0.2, 0.25) is 0 Å². The lowest BCUT2D eigenvalue weighted by Gasteiger charge is -2.17. The molecule has 1 aliphatic rings. The monoisotopic (exact) mass is 223 g/mol. The van der Waals surface area contributed by atoms with E-state index in [9.17, 15) is 0 Å². The molecule has 82 valence electrons. The fourth-order valence-corrected chi connectivity index (χ4v) is 2.43. The SMILES string of the molecule is CSc1nccc(N[C@@H]2CCC[C@@H]2C)n1. The Morgan fingerprint density at radius 3 is 3.00 bits per heavy atom. The van der Waals surface area contributed by atoms with E-state index in [1.54, 1.807) is 11.8 Å². The molecule has 1 aromatic heterocycles. The smallest absolute Gasteiger partial charge is 0.189 e. The highest BCUT2D eigenvalue weighted by Crippen LogP contribution is 2.27. The molecule has 1 aromatic rings. The van der Waals surface area contributed by atoms with E-state index in [4.69, 9.17) is 0 Å². The zero-order chi connectivity index (χ0) is 10.7. The number of nitrogens with one attached hydrogen (secondary N) is 1. The number of anilines is 1. The standard InChI is InChI=1S/C11H17N3S/c1-8-4-3-5-9(8)13-10-6-7-12-11(14-10)15-2/h6-9H,3-5H2,1-2H3,(H,12,13,14)/t8-,9+/m0/s1. The van der Waals surface area contributed by atoms with Crippen molar-refractivity contribution in [3.63, 3.8) is 0 Å². The summed E-state index contributed by atoms with van der Waals surface area (Å²) in [4.78, 5) is 8.59. The maximum atomic E-state index is 4.43. The summed E-state index contributed by atoms with van der Waals surface area (Å²) in [5.74, 6) is 1.73.